The summed E-state index contributed by atoms with van der Waals surface area (Å²) >= 11 is 0. The number of hydrogen-bond acceptors (Lipinski definition) is 0. The van der Waals surface area contributed by atoms with Gasteiger partial charge in [-0.25, -0.2) is 0 Å². The summed E-state index contributed by atoms with van der Waals surface area (Å²) in [6.07, 6.45) is 0. The average Bonchev–Trinajstić information content (AvgIpc) is 0. The standard InChI is InChI=1S/La.3Mg. The molecule has 0 rings (SSSR count). The van der Waals surface area contributed by atoms with Gasteiger partial charge in [0.05, 0.1) is 0 Å². The van der Waals surface area contributed by atoms with E-state index in [1.807, 2.05) is 0 Å². The van der Waals surface area contributed by atoms with Crippen LogP contribution in [0.3, 0.4) is 0 Å². The van der Waals surface area contributed by atoms with Gasteiger partial charge in [-0.3, -0.25) is 0 Å². The van der Waals surface area contributed by atoms with Crippen molar-refractivity contribution in [1.29, 1.82) is 0 Å². The smallest absolute Gasteiger partial charge is 0 e. The molecule has 4 heavy (non-hydrogen) atoms. The third-order valence-electron chi connectivity index (χ3n) is 0. The average molecular weight is 212 g/mol. The zero-order valence-electron chi connectivity index (χ0n) is 2.70. The molecular weight excluding hydrogens is 212 g/mol. The molecule has 0 amide bonds. The Balaban J connectivity index is 0. The monoisotopic (exact) mass is 211 g/mol. The number of hydrogen-bond donors (Lipinski definition) is 0. The van der Waals surface area contributed by atoms with Gasteiger partial charge in [-0.05, 0) is 0 Å². The SMILES string of the molecule is [La].[Mg].[Mg].[Mg]. The van der Waals surface area contributed by atoms with E-state index in [1.54, 1.807) is 0 Å². The summed E-state index contributed by atoms with van der Waals surface area (Å²) in [5.74, 6) is 0. The van der Waals surface area contributed by atoms with Crippen molar-refractivity contribution in [2.75, 3.05) is 0 Å². The minimum atomic E-state index is 0. The minimum Gasteiger partial charge on any atom is 0 e. The maximum Gasteiger partial charge on any atom is 0 e. The van der Waals surface area contributed by atoms with Crippen LogP contribution < -0.4 is 0 Å². The summed E-state index contributed by atoms with van der Waals surface area (Å²) in [7, 11) is 0. The molecule has 0 saturated heterocycles. The third-order valence-corrected chi connectivity index (χ3v) is 0. The normalized spacial score (nSPS) is 0. The first-order valence-corrected chi connectivity index (χ1v) is 0. The van der Waals surface area contributed by atoms with Crippen LogP contribution in [-0.2, 0) is 0 Å². The Bertz CT molecular complexity index is 3.25. The molecule has 0 aromatic rings. The number of rotatable bonds is 0. The van der Waals surface area contributed by atoms with Gasteiger partial charge in [0.25, 0.3) is 0 Å². The molecule has 4 heteroatoms. The Morgan fingerprint density at radius 2 is 0.500 bits per heavy atom. The summed E-state index contributed by atoms with van der Waals surface area (Å²) < 4.78 is 0. The summed E-state index contributed by atoms with van der Waals surface area (Å²) in [6.45, 7) is 0. The second-order valence-electron chi connectivity index (χ2n) is 0. The molecule has 0 unspecified atom stereocenters. The molecule has 9 valence electrons. The van der Waals surface area contributed by atoms with Crippen LogP contribution in [0.1, 0.15) is 0 Å². The van der Waals surface area contributed by atoms with Gasteiger partial charge >= 0.3 is 0 Å². The second-order valence-corrected chi connectivity index (χ2v) is 0. The first kappa shape index (κ1) is 25.9. The van der Waals surface area contributed by atoms with Crippen LogP contribution in [0.4, 0.5) is 0 Å². The molecule has 0 heterocycles. The Kier molecular flexibility index (Phi) is 104. The van der Waals surface area contributed by atoms with Crippen LogP contribution in [0.15, 0.2) is 0 Å². The third kappa shape index (κ3) is 9.09. The topological polar surface area (TPSA) is 0 Å². The van der Waals surface area contributed by atoms with Crippen molar-refractivity contribution >= 4 is 69.2 Å². The van der Waals surface area contributed by atoms with E-state index in [4.69, 9.17) is 0 Å². The molecule has 0 atom stereocenters. The molecule has 0 bridgehead atoms. The molecule has 0 saturated carbocycles. The molecule has 0 fully saturated rings. The quantitative estimate of drug-likeness (QED) is 0.445. The van der Waals surface area contributed by atoms with E-state index in [1.165, 1.54) is 0 Å². The van der Waals surface area contributed by atoms with Gasteiger partial charge in [-0.2, -0.15) is 0 Å². The molecule has 0 aliphatic heterocycles. The Labute approximate surface area is 102 Å². The maximum absolute atomic E-state index is 0. The van der Waals surface area contributed by atoms with Crippen molar-refractivity contribution in [3.05, 3.63) is 0 Å². The zero-order valence-corrected chi connectivity index (χ0v) is 10.6. The van der Waals surface area contributed by atoms with Crippen LogP contribution in [-0.4, -0.2) is 69.2 Å². The van der Waals surface area contributed by atoms with Crippen molar-refractivity contribution in [3.8, 4) is 0 Å². The van der Waals surface area contributed by atoms with E-state index in [0.29, 0.717) is 0 Å². The zero-order chi connectivity index (χ0) is 0. The van der Waals surface area contributed by atoms with Crippen LogP contribution in [0.25, 0.3) is 0 Å². The second kappa shape index (κ2) is 16.1. The molecular formula is LaMg3. The van der Waals surface area contributed by atoms with Crippen molar-refractivity contribution in [2.45, 2.75) is 0 Å². The fourth-order valence-corrected chi connectivity index (χ4v) is 0. The van der Waals surface area contributed by atoms with E-state index < -0.39 is 0 Å². The predicted octanol–water partition coefficient (Wildman–Crippen LogP) is -1.14. The molecule has 7 radical (unpaired) electrons. The Morgan fingerprint density at radius 3 is 0.500 bits per heavy atom. The Morgan fingerprint density at radius 1 is 0.500 bits per heavy atom. The fraction of sp³-hybridized carbons (Fsp3) is 0. The molecule has 0 nitrogen and oxygen atoms in total. The van der Waals surface area contributed by atoms with E-state index in [2.05, 4.69) is 0 Å². The van der Waals surface area contributed by atoms with E-state index in [9.17, 15) is 0 Å². The molecule has 0 aromatic carbocycles. The summed E-state index contributed by atoms with van der Waals surface area (Å²) in [5, 5.41) is 0. The van der Waals surface area contributed by atoms with E-state index >= 15 is 0 Å². The first-order valence-electron chi connectivity index (χ1n) is 0. The van der Waals surface area contributed by atoms with Crippen LogP contribution in [0, 0.1) is 35.6 Å². The van der Waals surface area contributed by atoms with Gasteiger partial charge in [0.15, 0.2) is 0 Å². The van der Waals surface area contributed by atoms with Gasteiger partial charge in [0.1, 0.15) is 0 Å². The van der Waals surface area contributed by atoms with Crippen molar-refractivity contribution < 1.29 is 35.6 Å². The molecule has 0 aliphatic rings. The minimum absolute atomic E-state index is 0. The van der Waals surface area contributed by atoms with Gasteiger partial charge in [-0.15, -0.1) is 0 Å². The maximum atomic E-state index is 0. The summed E-state index contributed by atoms with van der Waals surface area (Å²) in [4.78, 5) is 0. The molecule has 0 aliphatic carbocycles. The van der Waals surface area contributed by atoms with Crippen molar-refractivity contribution in [1.82, 2.24) is 0 Å². The van der Waals surface area contributed by atoms with Crippen molar-refractivity contribution in [2.24, 2.45) is 0 Å². The molecule has 0 spiro atoms. The summed E-state index contributed by atoms with van der Waals surface area (Å²) in [5.41, 5.74) is 0. The van der Waals surface area contributed by atoms with Gasteiger partial charge in [0.2, 0.25) is 0 Å². The van der Waals surface area contributed by atoms with Crippen molar-refractivity contribution in [3.63, 3.8) is 0 Å². The van der Waals surface area contributed by atoms with Gasteiger partial charge < -0.3 is 0 Å². The predicted molar refractivity (Wildman–Crippen MR) is 17.3 cm³/mol. The van der Waals surface area contributed by atoms with Gasteiger partial charge in [0, 0.05) is 105 Å². The van der Waals surface area contributed by atoms with Crippen LogP contribution in [0.2, 0.25) is 0 Å². The van der Waals surface area contributed by atoms with Crippen LogP contribution in [0.5, 0.6) is 0 Å². The van der Waals surface area contributed by atoms with Gasteiger partial charge in [-0.1, -0.05) is 0 Å². The van der Waals surface area contributed by atoms with E-state index in [-0.39, 0.29) is 105 Å². The fourth-order valence-electron chi connectivity index (χ4n) is 0. The molecule has 0 aromatic heterocycles. The Hall–Kier alpha value is 3.49. The summed E-state index contributed by atoms with van der Waals surface area (Å²) in [6, 6.07) is 0. The largest absolute Gasteiger partial charge is 0 e. The van der Waals surface area contributed by atoms with E-state index in [0.717, 1.165) is 0 Å². The molecule has 0 N–H and O–H groups in total. The van der Waals surface area contributed by atoms with Crippen LogP contribution >= 0.6 is 0 Å². The first-order chi connectivity index (χ1) is 0.